The van der Waals surface area contributed by atoms with E-state index in [1.165, 1.54) is 62.6 Å². The molecule has 0 fully saturated rings. The normalized spacial score (nSPS) is 11.3. The van der Waals surface area contributed by atoms with Crippen molar-refractivity contribution in [3.63, 3.8) is 0 Å². The van der Waals surface area contributed by atoms with Gasteiger partial charge in [-0.15, -0.1) is 0 Å². The van der Waals surface area contributed by atoms with Crippen molar-refractivity contribution in [2.24, 2.45) is 0 Å². The fraction of sp³-hybridized carbons (Fsp3) is 0.282. The van der Waals surface area contributed by atoms with Crippen molar-refractivity contribution in [3.8, 4) is 11.5 Å². The first-order valence-corrected chi connectivity index (χ1v) is 16.3. The predicted octanol–water partition coefficient (Wildman–Crippen LogP) is 7.64. The third kappa shape index (κ3) is 11.4. The molecule has 2 N–H and O–H groups in total. The maximum absolute atomic E-state index is 13.9. The lowest BCUT2D eigenvalue weighted by atomic mass is 10.0. The molecule has 4 aromatic carbocycles. The average Bonchev–Trinajstić information content (AvgIpc) is 3.09. The fourth-order valence-corrected chi connectivity index (χ4v) is 4.98. The number of unbranched alkanes of at least 4 members (excludes halogenated alkanes) is 4. The van der Waals surface area contributed by atoms with Gasteiger partial charge in [-0.05, 0) is 92.1 Å². The second-order valence-electron chi connectivity index (χ2n) is 11.7. The second kappa shape index (κ2) is 18.2. The first-order valence-electron chi connectivity index (χ1n) is 16.3. The lowest BCUT2D eigenvalue weighted by Crippen LogP contribution is -2.41. The summed E-state index contributed by atoms with van der Waals surface area (Å²) in [5.74, 6) is -2.89. The number of hydrogen-bond acceptors (Lipinski definition) is 6. The smallest absolute Gasteiger partial charge is 0.343 e. The Balaban J connectivity index is 1.25. The fourth-order valence-electron chi connectivity index (χ4n) is 4.98. The molecule has 0 unspecified atom stereocenters. The summed E-state index contributed by atoms with van der Waals surface area (Å²) in [6, 6.07) is 22.2. The number of ether oxygens (including phenoxy) is 2. The standard InChI is InChI=1S/C39H40F2N2O6/c1-3-4-5-6-7-23-48-32-21-15-29(16-22-32)39(47)49-33-19-11-27(12-20-33)24-35(26(2)44)43-38(46)28-13-17-31(18-14-28)42-36(45)25-30-9-8-10-34(40)37(30)41/h8-22,35H,3-7,23-25H2,1-2H3,(H,42,45)(H,43,46)/t35-/m0/s1. The van der Waals surface area contributed by atoms with E-state index in [-0.39, 0.29) is 29.8 Å². The highest BCUT2D eigenvalue weighted by molar-refractivity contribution is 5.98. The van der Waals surface area contributed by atoms with Crippen molar-refractivity contribution in [2.75, 3.05) is 11.9 Å². The molecule has 0 aliphatic rings. The Labute approximate surface area is 284 Å². The first kappa shape index (κ1) is 36.5. The van der Waals surface area contributed by atoms with Gasteiger partial charge in [0.1, 0.15) is 11.5 Å². The van der Waals surface area contributed by atoms with Gasteiger partial charge in [0.05, 0.1) is 24.6 Å². The van der Waals surface area contributed by atoms with E-state index in [1.807, 2.05) is 0 Å². The van der Waals surface area contributed by atoms with Crippen LogP contribution in [0.1, 0.15) is 77.8 Å². The number of ketones is 1. The van der Waals surface area contributed by atoms with E-state index in [0.717, 1.165) is 24.5 Å². The summed E-state index contributed by atoms with van der Waals surface area (Å²) in [5.41, 5.74) is 1.66. The van der Waals surface area contributed by atoms with Gasteiger partial charge in [-0.1, -0.05) is 56.9 Å². The quantitative estimate of drug-likeness (QED) is 0.0679. The van der Waals surface area contributed by atoms with Gasteiger partial charge in [0, 0.05) is 16.8 Å². The summed E-state index contributed by atoms with van der Waals surface area (Å²) in [7, 11) is 0. The molecule has 0 aromatic heterocycles. The minimum Gasteiger partial charge on any atom is -0.494 e. The molecule has 2 amide bonds. The van der Waals surface area contributed by atoms with Crippen LogP contribution in [0.2, 0.25) is 0 Å². The lowest BCUT2D eigenvalue weighted by molar-refractivity contribution is -0.119. The van der Waals surface area contributed by atoms with Crippen molar-refractivity contribution >= 4 is 29.3 Å². The maximum atomic E-state index is 13.9. The summed E-state index contributed by atoms with van der Waals surface area (Å²) < 4.78 is 38.6. The first-order chi connectivity index (χ1) is 23.6. The maximum Gasteiger partial charge on any atom is 0.343 e. The number of rotatable bonds is 17. The molecule has 0 bridgehead atoms. The molecule has 0 radical (unpaired) electrons. The Morgan fingerprint density at radius 3 is 2.08 bits per heavy atom. The van der Waals surface area contributed by atoms with Gasteiger partial charge in [-0.3, -0.25) is 14.4 Å². The summed E-state index contributed by atoms with van der Waals surface area (Å²) >= 11 is 0. The van der Waals surface area contributed by atoms with E-state index in [4.69, 9.17) is 9.47 Å². The zero-order valence-electron chi connectivity index (χ0n) is 27.6. The molecule has 0 aliphatic heterocycles. The number of esters is 1. The van der Waals surface area contributed by atoms with Crippen LogP contribution in [0.5, 0.6) is 11.5 Å². The van der Waals surface area contributed by atoms with Crippen LogP contribution in [0.15, 0.2) is 91.0 Å². The van der Waals surface area contributed by atoms with Crippen LogP contribution in [-0.2, 0) is 22.4 Å². The number of nitrogens with one attached hydrogen (secondary N) is 2. The molecule has 0 heterocycles. The number of carbonyl (C=O) groups is 4. The largest absolute Gasteiger partial charge is 0.494 e. The van der Waals surface area contributed by atoms with Gasteiger partial charge >= 0.3 is 5.97 Å². The van der Waals surface area contributed by atoms with Gasteiger partial charge in [-0.2, -0.15) is 0 Å². The van der Waals surface area contributed by atoms with E-state index < -0.39 is 35.5 Å². The van der Waals surface area contributed by atoms with Crippen molar-refractivity contribution in [2.45, 2.75) is 64.8 Å². The molecular formula is C39H40F2N2O6. The number of carbonyl (C=O) groups excluding carboxylic acids is 4. The molecule has 10 heteroatoms. The van der Waals surface area contributed by atoms with E-state index in [9.17, 15) is 28.0 Å². The van der Waals surface area contributed by atoms with E-state index in [2.05, 4.69) is 17.6 Å². The topological polar surface area (TPSA) is 111 Å². The van der Waals surface area contributed by atoms with Crippen molar-refractivity contribution in [1.29, 1.82) is 0 Å². The summed E-state index contributed by atoms with van der Waals surface area (Å²) in [4.78, 5) is 50.3. The average molecular weight is 671 g/mol. The zero-order chi connectivity index (χ0) is 35.2. The molecule has 0 aliphatic carbocycles. The number of halogens is 2. The van der Waals surface area contributed by atoms with E-state index >= 15 is 0 Å². The molecule has 1 atom stereocenters. The predicted molar refractivity (Wildman–Crippen MR) is 183 cm³/mol. The number of anilines is 1. The molecule has 0 saturated carbocycles. The van der Waals surface area contributed by atoms with Crippen LogP contribution in [0.4, 0.5) is 14.5 Å². The number of amides is 2. The summed E-state index contributed by atoms with van der Waals surface area (Å²) in [6.45, 7) is 4.19. The Kier molecular flexibility index (Phi) is 13.6. The molecule has 256 valence electrons. The third-order valence-corrected chi connectivity index (χ3v) is 7.79. The molecule has 4 rings (SSSR count). The second-order valence-corrected chi connectivity index (χ2v) is 11.7. The molecule has 0 spiro atoms. The Bertz CT molecular complexity index is 1720. The molecule has 0 saturated heterocycles. The van der Waals surface area contributed by atoms with Gasteiger partial charge in [0.25, 0.3) is 5.91 Å². The summed E-state index contributed by atoms with van der Waals surface area (Å²) in [6.07, 6.45) is 5.60. The Morgan fingerprint density at radius 1 is 0.755 bits per heavy atom. The highest BCUT2D eigenvalue weighted by Crippen LogP contribution is 2.19. The third-order valence-electron chi connectivity index (χ3n) is 7.79. The van der Waals surface area contributed by atoms with Crippen molar-refractivity contribution < 1.29 is 37.4 Å². The molecule has 4 aromatic rings. The molecule has 49 heavy (non-hydrogen) atoms. The van der Waals surface area contributed by atoms with E-state index in [0.29, 0.717) is 29.4 Å². The monoisotopic (exact) mass is 670 g/mol. The Hall–Kier alpha value is -5.38. The van der Waals surface area contributed by atoms with Gasteiger partial charge in [-0.25, -0.2) is 13.6 Å². The van der Waals surface area contributed by atoms with E-state index in [1.54, 1.807) is 48.5 Å². The van der Waals surface area contributed by atoms with Crippen LogP contribution in [-0.4, -0.2) is 36.2 Å². The summed E-state index contributed by atoms with van der Waals surface area (Å²) in [5, 5.41) is 5.32. The molecular weight excluding hydrogens is 630 g/mol. The minimum absolute atomic E-state index is 0.0743. The van der Waals surface area contributed by atoms with Gasteiger partial charge in [0.15, 0.2) is 17.4 Å². The highest BCUT2D eigenvalue weighted by Gasteiger charge is 2.19. The van der Waals surface area contributed by atoms with Crippen LogP contribution in [0.3, 0.4) is 0 Å². The number of hydrogen-bond donors (Lipinski definition) is 2. The SMILES string of the molecule is CCCCCCCOc1ccc(C(=O)Oc2ccc(C[C@H](NC(=O)c3ccc(NC(=O)Cc4cccc(F)c4F)cc3)C(C)=O)cc2)cc1. The highest BCUT2D eigenvalue weighted by atomic mass is 19.2. The molecule has 8 nitrogen and oxygen atoms in total. The van der Waals surface area contributed by atoms with Crippen molar-refractivity contribution in [3.05, 3.63) is 125 Å². The van der Waals surface area contributed by atoms with Crippen LogP contribution in [0.25, 0.3) is 0 Å². The van der Waals surface area contributed by atoms with Gasteiger partial charge in [0.2, 0.25) is 5.91 Å². The lowest BCUT2D eigenvalue weighted by Gasteiger charge is -2.17. The number of benzene rings is 4. The Morgan fingerprint density at radius 2 is 1.41 bits per heavy atom. The van der Waals surface area contributed by atoms with Gasteiger partial charge < -0.3 is 20.1 Å². The minimum atomic E-state index is -1.07. The number of Topliss-reactive ketones (excluding diaryl/α,β-unsaturated/α-hetero) is 1. The van der Waals surface area contributed by atoms with Crippen LogP contribution in [0, 0.1) is 11.6 Å². The zero-order valence-corrected chi connectivity index (χ0v) is 27.6. The van der Waals surface area contributed by atoms with Crippen LogP contribution >= 0.6 is 0 Å². The van der Waals surface area contributed by atoms with Crippen molar-refractivity contribution in [1.82, 2.24) is 5.32 Å². The van der Waals surface area contributed by atoms with Crippen LogP contribution < -0.4 is 20.1 Å².